The molecule has 8 heteroatoms. The van der Waals surface area contributed by atoms with Crippen molar-refractivity contribution in [3.05, 3.63) is 29.3 Å². The predicted octanol–water partition coefficient (Wildman–Crippen LogP) is 1.55. The van der Waals surface area contributed by atoms with Crippen LogP contribution in [-0.2, 0) is 9.59 Å². The van der Waals surface area contributed by atoms with Gasteiger partial charge in [-0.2, -0.15) is 0 Å². The Labute approximate surface area is 166 Å². The molecule has 2 rings (SSSR count). The Balaban J connectivity index is 0.00000364. The number of rotatable bonds is 5. The Hall–Kier alpha value is -2.12. The van der Waals surface area contributed by atoms with E-state index in [1.165, 1.54) is 0 Å². The second-order valence-electron chi connectivity index (χ2n) is 7.21. The van der Waals surface area contributed by atoms with Crippen LogP contribution in [0.2, 0.25) is 0 Å². The highest BCUT2D eigenvalue weighted by molar-refractivity contribution is 5.99. The van der Waals surface area contributed by atoms with Crippen molar-refractivity contribution < 1.29 is 14.4 Å². The molecule has 1 aliphatic heterocycles. The molecule has 27 heavy (non-hydrogen) atoms. The predicted molar refractivity (Wildman–Crippen MR) is 108 cm³/mol. The molecule has 150 valence electrons. The SMILES string of the molecule is Cc1ccc(C(=O)N2CC(C)CC(C)C2)cc1NC(=O)CNC(=O)CN.Cl. The first kappa shape index (κ1) is 22.9. The molecule has 3 amide bonds. The lowest BCUT2D eigenvalue weighted by atomic mass is 9.91. The Morgan fingerprint density at radius 3 is 2.37 bits per heavy atom. The highest BCUT2D eigenvalue weighted by Crippen LogP contribution is 2.24. The normalized spacial score (nSPS) is 19.0. The number of anilines is 1. The number of aryl methyl sites for hydroxylation is 1. The molecule has 0 spiro atoms. The quantitative estimate of drug-likeness (QED) is 0.702. The van der Waals surface area contributed by atoms with E-state index in [0.29, 0.717) is 23.1 Å². The minimum Gasteiger partial charge on any atom is -0.346 e. The number of carbonyl (C=O) groups excluding carboxylic acids is 3. The number of halogens is 1. The van der Waals surface area contributed by atoms with Gasteiger partial charge >= 0.3 is 0 Å². The molecule has 0 saturated carbocycles. The van der Waals surface area contributed by atoms with Crippen LogP contribution in [0.4, 0.5) is 5.69 Å². The molecule has 0 bridgehead atoms. The average Bonchev–Trinajstić information content (AvgIpc) is 2.60. The summed E-state index contributed by atoms with van der Waals surface area (Å²) < 4.78 is 0. The first-order chi connectivity index (χ1) is 12.3. The first-order valence-electron chi connectivity index (χ1n) is 8.96. The smallest absolute Gasteiger partial charge is 0.253 e. The lowest BCUT2D eigenvalue weighted by Crippen LogP contribution is -2.42. The van der Waals surface area contributed by atoms with Gasteiger partial charge in [-0.1, -0.05) is 19.9 Å². The van der Waals surface area contributed by atoms with E-state index in [-0.39, 0.29) is 37.3 Å². The molecule has 1 fully saturated rings. The van der Waals surface area contributed by atoms with E-state index >= 15 is 0 Å². The minimum atomic E-state index is -0.394. The molecule has 0 radical (unpaired) electrons. The van der Waals surface area contributed by atoms with E-state index in [1.807, 2.05) is 17.9 Å². The van der Waals surface area contributed by atoms with Crippen molar-refractivity contribution in [2.75, 3.05) is 31.5 Å². The Morgan fingerprint density at radius 2 is 1.78 bits per heavy atom. The summed E-state index contributed by atoms with van der Waals surface area (Å²) in [7, 11) is 0. The van der Waals surface area contributed by atoms with Crippen LogP contribution in [0.15, 0.2) is 18.2 Å². The standard InChI is InChI=1S/C19H28N4O3.ClH/c1-12-6-13(2)11-23(10-12)19(26)15-5-4-14(3)16(7-15)22-18(25)9-21-17(24)8-20;/h4-5,7,12-13H,6,8-11,20H2,1-3H3,(H,21,24)(H,22,25);1H. The number of hydrogen-bond donors (Lipinski definition) is 3. The number of nitrogens with zero attached hydrogens (tertiary/aromatic N) is 1. The van der Waals surface area contributed by atoms with E-state index in [4.69, 9.17) is 5.73 Å². The fourth-order valence-electron chi connectivity index (χ4n) is 3.35. The molecule has 1 saturated heterocycles. The maximum Gasteiger partial charge on any atom is 0.253 e. The molecule has 7 nitrogen and oxygen atoms in total. The second kappa shape index (κ2) is 10.3. The molecule has 2 atom stereocenters. The number of benzene rings is 1. The third kappa shape index (κ3) is 6.52. The van der Waals surface area contributed by atoms with Gasteiger partial charge < -0.3 is 21.3 Å². The van der Waals surface area contributed by atoms with Crippen LogP contribution >= 0.6 is 12.4 Å². The number of likely N-dealkylation sites (tertiary alicyclic amines) is 1. The fraction of sp³-hybridized carbons (Fsp3) is 0.526. The van der Waals surface area contributed by atoms with Crippen LogP contribution in [0.25, 0.3) is 0 Å². The van der Waals surface area contributed by atoms with Crippen LogP contribution < -0.4 is 16.4 Å². The van der Waals surface area contributed by atoms with Crippen molar-refractivity contribution in [2.45, 2.75) is 27.2 Å². The van der Waals surface area contributed by atoms with E-state index in [2.05, 4.69) is 24.5 Å². The van der Waals surface area contributed by atoms with Gasteiger partial charge in [-0.25, -0.2) is 0 Å². The zero-order valence-electron chi connectivity index (χ0n) is 16.1. The van der Waals surface area contributed by atoms with Crippen molar-refractivity contribution in [3.8, 4) is 0 Å². The van der Waals surface area contributed by atoms with E-state index in [0.717, 1.165) is 25.1 Å². The van der Waals surface area contributed by atoms with Gasteiger partial charge in [0.15, 0.2) is 0 Å². The lowest BCUT2D eigenvalue weighted by Gasteiger charge is -2.35. The summed E-state index contributed by atoms with van der Waals surface area (Å²) in [4.78, 5) is 37.9. The highest BCUT2D eigenvalue weighted by atomic mass is 35.5. The Kier molecular flexibility index (Phi) is 8.72. The van der Waals surface area contributed by atoms with Crippen LogP contribution in [0, 0.1) is 18.8 Å². The largest absolute Gasteiger partial charge is 0.346 e. The van der Waals surface area contributed by atoms with Gasteiger partial charge in [0.1, 0.15) is 0 Å². The van der Waals surface area contributed by atoms with Crippen LogP contribution in [-0.4, -0.2) is 48.8 Å². The molecular weight excluding hydrogens is 368 g/mol. The van der Waals surface area contributed by atoms with Gasteiger partial charge in [0.25, 0.3) is 5.91 Å². The van der Waals surface area contributed by atoms with Crippen molar-refractivity contribution in [1.82, 2.24) is 10.2 Å². The monoisotopic (exact) mass is 396 g/mol. The van der Waals surface area contributed by atoms with E-state index < -0.39 is 5.91 Å². The number of carbonyl (C=O) groups is 3. The zero-order chi connectivity index (χ0) is 19.3. The summed E-state index contributed by atoms with van der Waals surface area (Å²) in [6.45, 7) is 7.36. The fourth-order valence-corrected chi connectivity index (χ4v) is 3.35. The summed E-state index contributed by atoms with van der Waals surface area (Å²) >= 11 is 0. The first-order valence-corrected chi connectivity index (χ1v) is 8.96. The van der Waals surface area contributed by atoms with Crippen LogP contribution in [0.3, 0.4) is 0 Å². The molecule has 1 aliphatic rings. The number of hydrogen-bond acceptors (Lipinski definition) is 4. The molecule has 0 aliphatic carbocycles. The van der Waals surface area contributed by atoms with Gasteiger partial charge in [-0.3, -0.25) is 14.4 Å². The number of nitrogens with one attached hydrogen (secondary N) is 2. The molecular formula is C19H29ClN4O3. The molecule has 4 N–H and O–H groups in total. The topological polar surface area (TPSA) is 105 Å². The Morgan fingerprint density at radius 1 is 1.15 bits per heavy atom. The molecule has 1 heterocycles. The maximum atomic E-state index is 12.8. The number of amides is 3. The molecule has 1 aromatic carbocycles. The van der Waals surface area contributed by atoms with E-state index in [9.17, 15) is 14.4 Å². The van der Waals surface area contributed by atoms with Crippen LogP contribution in [0.5, 0.6) is 0 Å². The van der Waals surface area contributed by atoms with Gasteiger partial charge in [0.2, 0.25) is 11.8 Å². The third-order valence-electron chi connectivity index (χ3n) is 4.55. The summed E-state index contributed by atoms with van der Waals surface area (Å²) in [5.74, 6) is 0.196. The summed E-state index contributed by atoms with van der Waals surface area (Å²) in [5.41, 5.74) is 7.16. The summed E-state index contributed by atoms with van der Waals surface area (Å²) in [6.07, 6.45) is 1.13. The zero-order valence-corrected chi connectivity index (χ0v) is 16.9. The average molecular weight is 397 g/mol. The second-order valence-corrected chi connectivity index (χ2v) is 7.21. The van der Waals surface area contributed by atoms with Crippen LogP contribution in [0.1, 0.15) is 36.2 Å². The van der Waals surface area contributed by atoms with Gasteiger partial charge in [0.05, 0.1) is 13.1 Å². The highest BCUT2D eigenvalue weighted by Gasteiger charge is 2.26. The summed E-state index contributed by atoms with van der Waals surface area (Å²) in [5, 5.41) is 5.16. The van der Waals surface area contributed by atoms with Gasteiger partial charge in [0, 0.05) is 24.3 Å². The molecule has 0 aromatic heterocycles. The van der Waals surface area contributed by atoms with Crippen molar-refractivity contribution in [2.24, 2.45) is 17.6 Å². The van der Waals surface area contributed by atoms with Gasteiger partial charge in [-0.15, -0.1) is 12.4 Å². The molecule has 1 aromatic rings. The van der Waals surface area contributed by atoms with Crippen molar-refractivity contribution in [3.63, 3.8) is 0 Å². The van der Waals surface area contributed by atoms with Crippen molar-refractivity contribution >= 4 is 35.8 Å². The van der Waals surface area contributed by atoms with E-state index in [1.54, 1.807) is 12.1 Å². The number of piperidine rings is 1. The third-order valence-corrected chi connectivity index (χ3v) is 4.55. The Bertz CT molecular complexity index is 686. The van der Waals surface area contributed by atoms with Gasteiger partial charge in [-0.05, 0) is 42.9 Å². The van der Waals surface area contributed by atoms with Crippen molar-refractivity contribution in [1.29, 1.82) is 0 Å². The number of nitrogens with two attached hydrogens (primary N) is 1. The lowest BCUT2D eigenvalue weighted by molar-refractivity contribution is -0.123. The maximum absolute atomic E-state index is 12.8. The minimum absolute atomic E-state index is 0. The summed E-state index contributed by atoms with van der Waals surface area (Å²) in [6, 6.07) is 5.30. The molecule has 2 unspecified atom stereocenters.